The Morgan fingerprint density at radius 3 is 2.75 bits per heavy atom. The van der Waals surface area contributed by atoms with Gasteiger partial charge in [0.15, 0.2) is 0 Å². The van der Waals surface area contributed by atoms with Gasteiger partial charge in [0.25, 0.3) is 0 Å². The normalized spacial score (nSPS) is 10.6. The number of aromatic amines is 1. The molecule has 0 atom stereocenters. The van der Waals surface area contributed by atoms with Crippen molar-refractivity contribution in [3.8, 4) is 5.75 Å². The highest BCUT2D eigenvalue weighted by Crippen LogP contribution is 2.27. The minimum Gasteiger partial charge on any atom is -0.488 e. The van der Waals surface area contributed by atoms with Gasteiger partial charge in [0.2, 0.25) is 5.95 Å². The molecular weight excluding hydrogens is 415 g/mol. The first-order valence-corrected chi connectivity index (χ1v) is 8.61. The highest BCUT2D eigenvalue weighted by molar-refractivity contribution is 9.10. The van der Waals surface area contributed by atoms with E-state index in [9.17, 15) is 0 Å². The van der Waals surface area contributed by atoms with Gasteiger partial charge in [-0.25, -0.2) is 10.1 Å². The summed E-state index contributed by atoms with van der Waals surface area (Å²) >= 11 is 15.6. The number of hydrogen-bond donors (Lipinski definition) is 2. The van der Waals surface area contributed by atoms with Crippen molar-refractivity contribution in [2.75, 3.05) is 5.32 Å². The lowest BCUT2D eigenvalue weighted by molar-refractivity contribution is 0.303. The number of halogens is 3. The number of rotatable bonds is 6. The third kappa shape index (κ3) is 4.41. The van der Waals surface area contributed by atoms with E-state index < -0.39 is 0 Å². The average molecular weight is 428 g/mol. The van der Waals surface area contributed by atoms with Gasteiger partial charge in [0, 0.05) is 32.2 Å². The predicted octanol–water partition coefficient (Wildman–Crippen LogP) is 5.07. The molecule has 8 heteroatoms. The summed E-state index contributed by atoms with van der Waals surface area (Å²) in [5.74, 6) is 1.36. The molecule has 0 aliphatic heterocycles. The fraction of sp³-hybridized carbons (Fsp3) is 0.125. The molecule has 3 rings (SSSR count). The van der Waals surface area contributed by atoms with Crippen molar-refractivity contribution in [3.05, 3.63) is 68.4 Å². The summed E-state index contributed by atoms with van der Waals surface area (Å²) in [6.45, 7) is 0.894. The van der Waals surface area contributed by atoms with Gasteiger partial charge in [0.1, 0.15) is 18.7 Å². The average Bonchev–Trinajstić information content (AvgIpc) is 3.07. The molecular formula is C16H13BrCl2N4O. The molecule has 1 aromatic heterocycles. The third-order valence-corrected chi connectivity index (χ3v) is 4.36. The molecule has 0 saturated carbocycles. The van der Waals surface area contributed by atoms with Crippen LogP contribution in [-0.4, -0.2) is 15.2 Å². The summed E-state index contributed by atoms with van der Waals surface area (Å²) in [6, 6.07) is 11.2. The van der Waals surface area contributed by atoms with E-state index in [-0.39, 0.29) is 0 Å². The molecule has 0 unspecified atom stereocenters. The molecule has 0 amide bonds. The molecule has 124 valence electrons. The quantitative estimate of drug-likeness (QED) is 0.576. The third-order valence-electron chi connectivity index (χ3n) is 3.28. The van der Waals surface area contributed by atoms with Gasteiger partial charge in [-0.1, -0.05) is 45.2 Å². The monoisotopic (exact) mass is 426 g/mol. The number of nitrogens with one attached hydrogen (secondary N) is 2. The van der Waals surface area contributed by atoms with Crippen LogP contribution in [0.15, 0.2) is 47.2 Å². The van der Waals surface area contributed by atoms with Crippen LogP contribution in [-0.2, 0) is 13.2 Å². The maximum atomic E-state index is 6.19. The van der Waals surface area contributed by atoms with Crippen LogP contribution in [0.1, 0.15) is 11.1 Å². The van der Waals surface area contributed by atoms with E-state index in [1.165, 1.54) is 6.33 Å². The van der Waals surface area contributed by atoms with Gasteiger partial charge in [-0.15, -0.1) is 0 Å². The fourth-order valence-electron chi connectivity index (χ4n) is 2.09. The van der Waals surface area contributed by atoms with E-state index in [0.29, 0.717) is 29.1 Å². The molecule has 0 radical (unpaired) electrons. The van der Waals surface area contributed by atoms with E-state index in [4.69, 9.17) is 27.9 Å². The number of ether oxygens (including phenoxy) is 1. The standard InChI is InChI=1S/C16H13BrCl2N4O/c17-12-2-4-15(11(5-12)7-20-16-21-9-22-23-16)24-8-10-1-3-13(18)6-14(10)19/h1-6,9H,7-8H2,(H2,20,21,22,23). The highest BCUT2D eigenvalue weighted by Gasteiger charge is 2.08. The van der Waals surface area contributed by atoms with Gasteiger partial charge < -0.3 is 10.1 Å². The maximum absolute atomic E-state index is 6.19. The van der Waals surface area contributed by atoms with Gasteiger partial charge in [0.05, 0.1) is 0 Å². The van der Waals surface area contributed by atoms with E-state index >= 15 is 0 Å². The van der Waals surface area contributed by atoms with E-state index in [1.54, 1.807) is 12.1 Å². The van der Waals surface area contributed by atoms with Crippen molar-refractivity contribution >= 4 is 45.1 Å². The van der Waals surface area contributed by atoms with E-state index in [0.717, 1.165) is 21.3 Å². The van der Waals surface area contributed by atoms with Crippen LogP contribution in [0.5, 0.6) is 5.75 Å². The summed E-state index contributed by atoms with van der Waals surface area (Å²) in [5, 5.41) is 10.9. The summed E-state index contributed by atoms with van der Waals surface area (Å²) in [6.07, 6.45) is 1.45. The zero-order valence-corrected chi connectivity index (χ0v) is 15.5. The van der Waals surface area contributed by atoms with Gasteiger partial charge >= 0.3 is 0 Å². The molecule has 0 saturated heterocycles. The summed E-state index contributed by atoms with van der Waals surface area (Å²) in [7, 11) is 0. The Morgan fingerprint density at radius 2 is 2.00 bits per heavy atom. The first kappa shape index (κ1) is 17.1. The first-order chi connectivity index (χ1) is 11.6. The molecule has 0 spiro atoms. The van der Waals surface area contributed by atoms with Crippen LogP contribution in [0.2, 0.25) is 10.0 Å². The number of aromatic nitrogens is 3. The molecule has 2 aromatic carbocycles. The smallest absolute Gasteiger partial charge is 0.218 e. The molecule has 0 aliphatic carbocycles. The largest absolute Gasteiger partial charge is 0.488 e. The maximum Gasteiger partial charge on any atom is 0.218 e. The second-order valence-corrected chi connectivity index (χ2v) is 6.72. The second-order valence-electron chi connectivity index (χ2n) is 4.96. The van der Waals surface area contributed by atoms with Crippen molar-refractivity contribution in [1.82, 2.24) is 15.2 Å². The Bertz CT molecular complexity index is 827. The summed E-state index contributed by atoms with van der Waals surface area (Å²) in [5.41, 5.74) is 1.85. The minimum atomic E-state index is 0.354. The molecule has 2 N–H and O–H groups in total. The van der Waals surface area contributed by atoms with Crippen LogP contribution >= 0.6 is 39.1 Å². The van der Waals surface area contributed by atoms with Crippen molar-refractivity contribution < 1.29 is 4.74 Å². The minimum absolute atomic E-state index is 0.354. The van der Waals surface area contributed by atoms with Crippen LogP contribution in [0.25, 0.3) is 0 Å². The SMILES string of the molecule is Clc1ccc(COc2ccc(Br)cc2CNc2ncn[nH]2)c(Cl)c1. The van der Waals surface area contributed by atoms with Crippen molar-refractivity contribution in [2.24, 2.45) is 0 Å². The van der Waals surface area contributed by atoms with E-state index in [1.807, 2.05) is 24.3 Å². The van der Waals surface area contributed by atoms with Crippen molar-refractivity contribution in [3.63, 3.8) is 0 Å². The van der Waals surface area contributed by atoms with Crippen molar-refractivity contribution in [1.29, 1.82) is 0 Å². The zero-order valence-electron chi connectivity index (χ0n) is 12.4. The summed E-state index contributed by atoms with van der Waals surface area (Å²) in [4.78, 5) is 4.04. The van der Waals surface area contributed by atoms with Crippen LogP contribution in [0.3, 0.4) is 0 Å². The topological polar surface area (TPSA) is 62.8 Å². The van der Waals surface area contributed by atoms with Gasteiger partial charge in [-0.2, -0.15) is 5.10 Å². The van der Waals surface area contributed by atoms with Crippen LogP contribution in [0.4, 0.5) is 5.95 Å². The molecule has 3 aromatic rings. The number of H-pyrrole nitrogens is 1. The lowest BCUT2D eigenvalue weighted by Gasteiger charge is -2.13. The Labute approximate surface area is 157 Å². The first-order valence-electron chi connectivity index (χ1n) is 7.06. The Hall–Kier alpha value is -1.76. The van der Waals surface area contributed by atoms with Crippen molar-refractivity contribution in [2.45, 2.75) is 13.2 Å². The lowest BCUT2D eigenvalue weighted by atomic mass is 10.2. The molecule has 0 fully saturated rings. The van der Waals surface area contributed by atoms with Gasteiger partial charge in [-0.3, -0.25) is 0 Å². The molecule has 24 heavy (non-hydrogen) atoms. The van der Waals surface area contributed by atoms with Crippen LogP contribution in [0, 0.1) is 0 Å². The molecule has 5 nitrogen and oxygen atoms in total. The highest BCUT2D eigenvalue weighted by atomic mass is 79.9. The molecule has 0 aliphatic rings. The molecule has 0 bridgehead atoms. The van der Waals surface area contributed by atoms with E-state index in [2.05, 4.69) is 36.4 Å². The number of anilines is 1. The van der Waals surface area contributed by atoms with Gasteiger partial charge in [-0.05, 0) is 30.3 Å². The fourth-order valence-corrected chi connectivity index (χ4v) is 2.96. The Balaban J connectivity index is 1.72. The molecule has 1 heterocycles. The lowest BCUT2D eigenvalue weighted by Crippen LogP contribution is -2.05. The van der Waals surface area contributed by atoms with Crippen LogP contribution < -0.4 is 10.1 Å². The second kappa shape index (κ2) is 7.88. The zero-order chi connectivity index (χ0) is 16.9. The number of hydrogen-bond acceptors (Lipinski definition) is 4. The Kier molecular flexibility index (Phi) is 5.60. The number of benzene rings is 2. The predicted molar refractivity (Wildman–Crippen MR) is 98.6 cm³/mol. The Morgan fingerprint density at radius 1 is 1.12 bits per heavy atom. The summed E-state index contributed by atoms with van der Waals surface area (Å²) < 4.78 is 6.90. The number of nitrogens with zero attached hydrogens (tertiary/aromatic N) is 2.